The summed E-state index contributed by atoms with van der Waals surface area (Å²) in [6.07, 6.45) is -72.4. The predicted molar refractivity (Wildman–Crippen MR) is 298 cm³/mol. The van der Waals surface area contributed by atoms with E-state index in [1.165, 1.54) is 6.92 Å². The zero-order chi connectivity index (χ0) is 71.5. The van der Waals surface area contributed by atoms with Gasteiger partial charge < -0.3 is 199 Å². The third-order valence-corrected chi connectivity index (χ3v) is 17.8. The molecule has 0 radical (unpaired) electrons. The van der Waals surface area contributed by atoms with Crippen molar-refractivity contribution >= 4 is 17.7 Å². The summed E-state index contributed by atoms with van der Waals surface area (Å²) >= 11 is 0. The minimum absolute atomic E-state index is 0.850. The van der Waals surface area contributed by atoms with Crippen LogP contribution in [0.15, 0.2) is 0 Å². The lowest BCUT2D eigenvalue weighted by atomic mass is 9.94. The molecule has 43 nitrogen and oxygen atoms in total. The van der Waals surface area contributed by atoms with Gasteiger partial charge in [0.1, 0.15) is 189 Å². The van der Waals surface area contributed by atoms with Crippen molar-refractivity contribution in [3.63, 3.8) is 0 Å². The van der Waals surface area contributed by atoms with Crippen LogP contribution in [0.3, 0.4) is 0 Å². The standard InChI is InChI=1S/C54H91N3O40/c1-12-26(67)34(75)38(79)51(84-12)97-46-35(76)28(69)17(6-59)88-54(46)94-42-20(9-62)89-48(24(32(42)73)56-14(3)65)83-11-22-30(71)45(96-49-23(55-13(2)64)31(72)27(68)16(5-58)86-49)40(81)53(91-22)92-41-21(10-63)90-50(25(33(41)74)57-15(4)66)95-44-29(70)18(7-60)87-52(39(44)80)93-43-19(8-61)85-47(82)37(78)36(43)77/h12,16-54,58-63,67-82H,5-11H2,1-4H3,(H,55,64)(H,56,65)(H,57,66)/t12-,16+,17+,18+,19+,20+,21+,22+,23+,24+,25+,26+,27+,28-,29-,30-,31+,32+,33+,34+,35-,36+,37+,38-,39+,40+,41+,42+,43+,44-,45-,46+,47?,48+,49-,50-,51-,52-,53-,54-/m0/s1. The summed E-state index contributed by atoms with van der Waals surface area (Å²) in [5, 5.41) is 248. The Labute approximate surface area is 549 Å². The fraction of sp³-hybridized carbons (Fsp3) is 0.944. The first kappa shape index (κ1) is 79.6. The highest BCUT2D eigenvalue weighted by Crippen LogP contribution is 2.39. The van der Waals surface area contributed by atoms with Crippen LogP contribution in [0, 0.1) is 0 Å². The van der Waals surface area contributed by atoms with Gasteiger partial charge in [-0.15, -0.1) is 0 Å². The number of amides is 3. The monoisotopic (exact) mass is 1420 g/mol. The molecule has 40 atom stereocenters. The summed E-state index contributed by atoms with van der Waals surface area (Å²) in [5.74, 6) is -2.67. The lowest BCUT2D eigenvalue weighted by Gasteiger charge is -2.51. The van der Waals surface area contributed by atoms with Crippen LogP contribution in [0.25, 0.3) is 0 Å². The lowest BCUT2D eigenvalue weighted by Crippen LogP contribution is -2.70. The fourth-order valence-corrected chi connectivity index (χ4v) is 12.5. The molecule has 8 heterocycles. The highest BCUT2D eigenvalue weighted by molar-refractivity contribution is 5.74. The molecule has 0 saturated carbocycles. The van der Waals surface area contributed by atoms with Gasteiger partial charge in [-0.05, 0) is 6.92 Å². The predicted octanol–water partition coefficient (Wildman–Crippen LogP) is -17.0. The van der Waals surface area contributed by atoms with E-state index in [4.69, 9.17) is 71.1 Å². The topological polar surface area (TPSA) is 671 Å². The van der Waals surface area contributed by atoms with Gasteiger partial charge in [-0.3, -0.25) is 14.4 Å². The number of aliphatic hydroxyl groups excluding tert-OH is 22. The molecule has 0 spiro atoms. The summed E-state index contributed by atoms with van der Waals surface area (Å²) in [6.45, 7) is -3.02. The second-order valence-corrected chi connectivity index (χ2v) is 24.6. The number of hydrogen-bond acceptors (Lipinski definition) is 40. The zero-order valence-corrected chi connectivity index (χ0v) is 52.2. The molecule has 562 valence electrons. The van der Waals surface area contributed by atoms with Gasteiger partial charge in [0.05, 0.1) is 52.4 Å². The first-order valence-electron chi connectivity index (χ1n) is 31.0. The maximum Gasteiger partial charge on any atom is 0.217 e. The Morgan fingerprint density at radius 2 is 0.619 bits per heavy atom. The number of carbonyl (C=O) groups is 3. The van der Waals surface area contributed by atoms with Crippen LogP contribution in [0.2, 0.25) is 0 Å². The molecule has 8 rings (SSSR count). The number of hydrogen-bond donors (Lipinski definition) is 25. The molecule has 43 heteroatoms. The first-order chi connectivity index (χ1) is 45.8. The fourth-order valence-electron chi connectivity index (χ4n) is 12.5. The van der Waals surface area contributed by atoms with Gasteiger partial charge in [-0.25, -0.2) is 0 Å². The van der Waals surface area contributed by atoms with E-state index in [2.05, 4.69) is 16.0 Å². The third-order valence-electron chi connectivity index (χ3n) is 17.8. The van der Waals surface area contributed by atoms with Gasteiger partial charge >= 0.3 is 0 Å². The van der Waals surface area contributed by atoms with Crippen LogP contribution < -0.4 is 16.0 Å². The number of rotatable bonds is 24. The normalized spacial score (nSPS) is 49.9. The molecule has 97 heavy (non-hydrogen) atoms. The van der Waals surface area contributed by atoms with Crippen LogP contribution in [0.5, 0.6) is 0 Å². The largest absolute Gasteiger partial charge is 0.394 e. The molecule has 0 aromatic carbocycles. The van der Waals surface area contributed by atoms with Crippen LogP contribution in [-0.4, -0.2) is 422 Å². The quantitative estimate of drug-likeness (QED) is 0.0427. The second kappa shape index (κ2) is 34.5. The molecule has 0 aromatic rings. The average molecular weight is 1420 g/mol. The first-order valence-corrected chi connectivity index (χ1v) is 31.0. The van der Waals surface area contributed by atoms with E-state index >= 15 is 0 Å². The molecular weight excluding hydrogens is 1330 g/mol. The minimum atomic E-state index is -2.38. The molecule has 8 saturated heterocycles. The van der Waals surface area contributed by atoms with Crippen molar-refractivity contribution in [2.45, 2.75) is 273 Å². The summed E-state index contributed by atoms with van der Waals surface area (Å²) in [6, 6.07) is -5.50. The summed E-state index contributed by atoms with van der Waals surface area (Å²) in [7, 11) is 0. The minimum Gasteiger partial charge on any atom is -0.394 e. The van der Waals surface area contributed by atoms with Gasteiger partial charge in [0.2, 0.25) is 17.7 Å². The van der Waals surface area contributed by atoms with E-state index in [9.17, 15) is 127 Å². The summed E-state index contributed by atoms with van der Waals surface area (Å²) < 4.78 is 87.5. The van der Waals surface area contributed by atoms with Crippen molar-refractivity contribution < 1.29 is 198 Å². The molecule has 25 N–H and O–H groups in total. The maximum absolute atomic E-state index is 12.9. The molecule has 1 unspecified atom stereocenters. The molecular formula is C54H91N3O40. The van der Waals surface area contributed by atoms with Crippen LogP contribution in [0.4, 0.5) is 0 Å². The Hall–Kier alpha value is -3.07. The van der Waals surface area contributed by atoms with Crippen molar-refractivity contribution in [3.05, 3.63) is 0 Å². The molecule has 3 amide bonds. The van der Waals surface area contributed by atoms with Gasteiger partial charge in [-0.1, -0.05) is 0 Å². The van der Waals surface area contributed by atoms with Crippen molar-refractivity contribution in [2.24, 2.45) is 0 Å². The van der Waals surface area contributed by atoms with Gasteiger partial charge in [0.15, 0.2) is 50.3 Å². The van der Waals surface area contributed by atoms with E-state index in [1.54, 1.807) is 0 Å². The van der Waals surface area contributed by atoms with Gasteiger partial charge in [-0.2, -0.15) is 0 Å². The Morgan fingerprint density at radius 3 is 1.10 bits per heavy atom. The van der Waals surface area contributed by atoms with Crippen molar-refractivity contribution in [3.8, 4) is 0 Å². The Bertz CT molecular complexity index is 2490. The van der Waals surface area contributed by atoms with Gasteiger partial charge in [0, 0.05) is 20.8 Å². The van der Waals surface area contributed by atoms with Crippen LogP contribution >= 0.6 is 0 Å². The van der Waals surface area contributed by atoms with Crippen molar-refractivity contribution in [1.29, 1.82) is 0 Å². The molecule has 0 aliphatic carbocycles. The van der Waals surface area contributed by atoms with E-state index in [1.807, 2.05) is 0 Å². The van der Waals surface area contributed by atoms with E-state index < -0.39 is 309 Å². The maximum atomic E-state index is 12.9. The van der Waals surface area contributed by atoms with E-state index in [-0.39, 0.29) is 0 Å². The Balaban J connectivity index is 1.07. The summed E-state index contributed by atoms with van der Waals surface area (Å²) in [4.78, 5) is 38.3. The number of carbonyl (C=O) groups excluding carboxylic acids is 3. The van der Waals surface area contributed by atoms with E-state index in [0.717, 1.165) is 20.8 Å². The van der Waals surface area contributed by atoms with Crippen LogP contribution in [-0.2, 0) is 85.4 Å². The second-order valence-electron chi connectivity index (χ2n) is 24.6. The van der Waals surface area contributed by atoms with Crippen molar-refractivity contribution in [1.82, 2.24) is 16.0 Å². The van der Waals surface area contributed by atoms with Gasteiger partial charge in [0.25, 0.3) is 0 Å². The lowest BCUT2D eigenvalue weighted by molar-refractivity contribution is -0.389. The molecule has 0 aromatic heterocycles. The zero-order valence-electron chi connectivity index (χ0n) is 52.2. The van der Waals surface area contributed by atoms with E-state index in [0.29, 0.717) is 0 Å². The molecule has 8 aliphatic rings. The average Bonchev–Trinajstić information content (AvgIpc) is 0.782. The molecule has 8 aliphatic heterocycles. The number of nitrogens with one attached hydrogen (secondary N) is 3. The van der Waals surface area contributed by atoms with Crippen molar-refractivity contribution in [2.75, 3.05) is 46.2 Å². The smallest absolute Gasteiger partial charge is 0.217 e. The Kier molecular flexibility index (Phi) is 28.3. The SMILES string of the molecule is CC(=O)N[C@H]1[C@H](O[C@H]2[C@@H](O)[C@@H](CO)O[C@@H](O[C@H]3[C@H](O)[C@@H](O)C(O)O[C@@H]3CO)[C@@H]2O)O[C@H](CO)[C@@H](O[C@@H]2O[C@H](CO[C@@H]3O[C@H](CO)[C@@H](O[C@@H]4O[C@H](CO)[C@H](O)[C@H](O)[C@H]4O[C@@H]4O[C@@H](C)[C@@H](O)[C@@H](O)[C@@H]4O)[C@H](O)[C@H]3NC(C)=O)[C@H](O)[C@H](O[C@@H]3O[C@H](CO)[C@@H](O)[C@H](O)[C@H]3NC(C)=O)[C@H]2O)[C@@H]1O. The Morgan fingerprint density at radius 1 is 0.289 bits per heavy atom. The van der Waals surface area contributed by atoms with Crippen LogP contribution in [0.1, 0.15) is 27.7 Å². The number of aliphatic hydroxyl groups is 22. The third kappa shape index (κ3) is 17.4. The summed E-state index contributed by atoms with van der Waals surface area (Å²) in [5.41, 5.74) is 0. The molecule has 8 fully saturated rings. The molecule has 0 bridgehead atoms. The highest BCUT2D eigenvalue weighted by atomic mass is 16.8. The number of ether oxygens (including phenoxy) is 15. The highest BCUT2D eigenvalue weighted by Gasteiger charge is 2.60.